The third-order valence-corrected chi connectivity index (χ3v) is 5.12. The molecule has 2 aromatic carbocycles. The fraction of sp³-hybridized carbons (Fsp3) is 0.200. The number of nitrogens with one attached hydrogen (secondary N) is 2. The van der Waals surface area contributed by atoms with E-state index in [0.29, 0.717) is 5.17 Å². The zero-order valence-electron chi connectivity index (χ0n) is 15.1. The number of nitrogens with zero attached hydrogens (tertiary/aromatic N) is 2. The molecule has 1 fully saturated rings. The van der Waals surface area contributed by atoms with Gasteiger partial charge >= 0.3 is 0 Å². The number of aryl methyl sites for hydroxylation is 1. The highest BCUT2D eigenvalue weighted by Crippen LogP contribution is 2.23. The lowest BCUT2D eigenvalue weighted by atomic mass is 10.1. The van der Waals surface area contributed by atoms with E-state index in [2.05, 4.69) is 20.8 Å². The molecule has 6 nitrogen and oxygen atoms in total. The van der Waals surface area contributed by atoms with E-state index in [9.17, 15) is 9.59 Å². The summed E-state index contributed by atoms with van der Waals surface area (Å²) < 4.78 is 0. The number of hydrogen-bond acceptors (Lipinski definition) is 5. The first-order chi connectivity index (χ1) is 13.0. The predicted molar refractivity (Wildman–Crippen MR) is 110 cm³/mol. The molecule has 1 saturated heterocycles. The first-order valence-electron chi connectivity index (χ1n) is 8.53. The van der Waals surface area contributed by atoms with E-state index in [0.717, 1.165) is 22.5 Å². The molecule has 138 valence electrons. The Balaban J connectivity index is 1.60. The molecule has 0 radical (unpaired) electrons. The molecule has 0 spiro atoms. The van der Waals surface area contributed by atoms with Gasteiger partial charge in [-0.25, -0.2) is 0 Å². The molecule has 1 aliphatic rings. The molecule has 0 aliphatic carbocycles. The molecule has 1 heterocycles. The molecule has 0 aromatic heterocycles. The van der Waals surface area contributed by atoms with Gasteiger partial charge in [-0.2, -0.15) is 5.10 Å². The fourth-order valence-corrected chi connectivity index (χ4v) is 3.44. The molecule has 2 N–H and O–H groups in total. The average Bonchev–Trinajstić information content (AvgIpc) is 3.01. The van der Waals surface area contributed by atoms with Gasteiger partial charge in [-0.1, -0.05) is 60.3 Å². The molecule has 27 heavy (non-hydrogen) atoms. The van der Waals surface area contributed by atoms with Gasteiger partial charge in [0.25, 0.3) is 0 Å². The largest absolute Gasteiger partial charge is 0.326 e. The van der Waals surface area contributed by atoms with Gasteiger partial charge in [0, 0.05) is 12.1 Å². The highest BCUT2D eigenvalue weighted by Gasteiger charge is 2.32. The Morgan fingerprint density at radius 3 is 2.59 bits per heavy atom. The average molecular weight is 380 g/mol. The van der Waals surface area contributed by atoms with Crippen LogP contribution in [0, 0.1) is 6.92 Å². The van der Waals surface area contributed by atoms with Crippen molar-refractivity contribution in [3.63, 3.8) is 0 Å². The molecule has 0 bridgehead atoms. The number of benzene rings is 2. The molecule has 1 atom stereocenters. The van der Waals surface area contributed by atoms with Crippen molar-refractivity contribution in [3.05, 3.63) is 65.7 Å². The van der Waals surface area contributed by atoms with Crippen molar-refractivity contribution in [3.8, 4) is 0 Å². The number of amidine groups is 1. The summed E-state index contributed by atoms with van der Waals surface area (Å²) in [6, 6.07) is 17.2. The Hall–Kier alpha value is -2.93. The van der Waals surface area contributed by atoms with E-state index in [1.54, 1.807) is 0 Å². The van der Waals surface area contributed by atoms with Crippen LogP contribution >= 0.6 is 11.8 Å². The van der Waals surface area contributed by atoms with Crippen LogP contribution in [-0.4, -0.2) is 27.9 Å². The maximum absolute atomic E-state index is 12.3. The van der Waals surface area contributed by atoms with Crippen LogP contribution in [0.15, 0.2) is 64.8 Å². The quantitative estimate of drug-likeness (QED) is 0.616. The summed E-state index contributed by atoms with van der Waals surface area (Å²) in [5.41, 5.74) is 3.44. The maximum Gasteiger partial charge on any atom is 0.240 e. The van der Waals surface area contributed by atoms with Crippen LogP contribution in [0.1, 0.15) is 24.5 Å². The number of para-hydroxylation sites is 1. The molecule has 0 saturated carbocycles. The van der Waals surface area contributed by atoms with E-state index in [-0.39, 0.29) is 18.2 Å². The summed E-state index contributed by atoms with van der Waals surface area (Å²) >= 11 is 1.22. The van der Waals surface area contributed by atoms with Crippen LogP contribution in [0.2, 0.25) is 0 Å². The van der Waals surface area contributed by atoms with Crippen LogP contribution in [0.3, 0.4) is 0 Å². The number of carbonyl (C=O) groups is 2. The van der Waals surface area contributed by atoms with Crippen LogP contribution in [0.25, 0.3) is 0 Å². The molecule has 2 aromatic rings. The lowest BCUT2D eigenvalue weighted by Gasteiger charge is -2.09. The van der Waals surface area contributed by atoms with Crippen LogP contribution < -0.4 is 10.6 Å². The van der Waals surface area contributed by atoms with Gasteiger partial charge in [0.1, 0.15) is 5.25 Å². The van der Waals surface area contributed by atoms with Gasteiger partial charge in [0.2, 0.25) is 11.8 Å². The molecular formula is C20H20N4O2S. The standard InChI is InChI=1S/C20H20N4O2S/c1-13-8-6-7-11-16(13)21-18(25)12-17-19(26)22-20(27-17)24-23-14(2)15-9-4-3-5-10-15/h3-11,17H,12H2,1-2H3,(H,21,25)(H,22,24,26)/b23-14-. The molecule has 1 aliphatic heterocycles. The minimum Gasteiger partial charge on any atom is -0.326 e. The summed E-state index contributed by atoms with van der Waals surface area (Å²) in [6.07, 6.45) is 0.0746. The predicted octanol–water partition coefficient (Wildman–Crippen LogP) is 3.34. The SMILES string of the molecule is C/C(=N/N=C1\NC(=O)C(CC(=O)Nc2ccccc2C)S1)c1ccccc1. The minimum atomic E-state index is -0.514. The van der Waals surface area contributed by atoms with Crippen molar-refractivity contribution in [2.24, 2.45) is 10.2 Å². The Bertz CT molecular complexity index is 909. The van der Waals surface area contributed by atoms with Gasteiger partial charge in [0.05, 0.1) is 5.71 Å². The van der Waals surface area contributed by atoms with Gasteiger partial charge in [-0.05, 0) is 31.0 Å². The highest BCUT2D eigenvalue weighted by molar-refractivity contribution is 8.15. The van der Waals surface area contributed by atoms with Gasteiger partial charge < -0.3 is 10.6 Å². The van der Waals surface area contributed by atoms with Crippen molar-refractivity contribution < 1.29 is 9.59 Å². The van der Waals surface area contributed by atoms with Gasteiger partial charge in [0.15, 0.2) is 5.17 Å². The Labute approximate surface area is 162 Å². The lowest BCUT2D eigenvalue weighted by molar-refractivity contribution is -0.122. The van der Waals surface area contributed by atoms with E-state index >= 15 is 0 Å². The van der Waals surface area contributed by atoms with Gasteiger partial charge in [-0.15, -0.1) is 5.10 Å². The molecular weight excluding hydrogens is 360 g/mol. The Kier molecular flexibility index (Phi) is 6.03. The summed E-state index contributed by atoms with van der Waals surface area (Å²) in [6.45, 7) is 3.78. The Morgan fingerprint density at radius 2 is 1.85 bits per heavy atom. The zero-order chi connectivity index (χ0) is 19.2. The first kappa shape index (κ1) is 18.8. The van der Waals surface area contributed by atoms with E-state index in [4.69, 9.17) is 0 Å². The zero-order valence-corrected chi connectivity index (χ0v) is 15.9. The van der Waals surface area contributed by atoms with Crippen LogP contribution in [0.4, 0.5) is 5.69 Å². The monoisotopic (exact) mass is 380 g/mol. The van der Waals surface area contributed by atoms with Crippen molar-refractivity contribution in [2.45, 2.75) is 25.5 Å². The summed E-state index contributed by atoms with van der Waals surface area (Å²) in [5, 5.41) is 13.7. The molecule has 1 unspecified atom stereocenters. The van der Waals surface area contributed by atoms with E-state index < -0.39 is 5.25 Å². The maximum atomic E-state index is 12.3. The van der Waals surface area contributed by atoms with Crippen LogP contribution in [0.5, 0.6) is 0 Å². The third-order valence-electron chi connectivity index (χ3n) is 4.05. The minimum absolute atomic E-state index is 0.0746. The normalized spacial score (nSPS) is 18.4. The van der Waals surface area contributed by atoms with Crippen molar-refractivity contribution >= 4 is 40.1 Å². The van der Waals surface area contributed by atoms with E-state index in [1.807, 2.05) is 68.4 Å². The molecule has 2 amide bonds. The number of hydrogen-bond donors (Lipinski definition) is 2. The summed E-state index contributed by atoms with van der Waals surface area (Å²) in [4.78, 5) is 24.4. The Morgan fingerprint density at radius 1 is 1.15 bits per heavy atom. The fourth-order valence-electron chi connectivity index (χ4n) is 2.53. The number of thioether (sulfide) groups is 1. The second-order valence-electron chi connectivity index (χ2n) is 6.12. The number of rotatable bonds is 5. The smallest absolute Gasteiger partial charge is 0.240 e. The molecule has 3 rings (SSSR count). The highest BCUT2D eigenvalue weighted by atomic mass is 32.2. The second kappa shape index (κ2) is 8.64. The van der Waals surface area contributed by atoms with Crippen molar-refractivity contribution in [2.75, 3.05) is 5.32 Å². The summed E-state index contributed by atoms with van der Waals surface area (Å²) in [7, 11) is 0. The van der Waals surface area contributed by atoms with Crippen molar-refractivity contribution in [1.29, 1.82) is 0 Å². The third kappa shape index (κ3) is 5.04. The first-order valence-corrected chi connectivity index (χ1v) is 9.41. The summed E-state index contributed by atoms with van der Waals surface area (Å²) in [5.74, 6) is -0.437. The van der Waals surface area contributed by atoms with E-state index in [1.165, 1.54) is 11.8 Å². The van der Waals surface area contributed by atoms with Gasteiger partial charge in [-0.3, -0.25) is 9.59 Å². The second-order valence-corrected chi connectivity index (χ2v) is 7.31. The topological polar surface area (TPSA) is 82.9 Å². The number of carbonyl (C=O) groups excluding carboxylic acids is 2. The van der Waals surface area contributed by atoms with Crippen molar-refractivity contribution in [1.82, 2.24) is 5.32 Å². The lowest BCUT2D eigenvalue weighted by Crippen LogP contribution is -2.28. The number of anilines is 1. The van der Waals surface area contributed by atoms with Crippen LogP contribution in [-0.2, 0) is 9.59 Å². The molecule has 7 heteroatoms. The number of amides is 2.